The van der Waals surface area contributed by atoms with Crippen LogP contribution in [-0.2, 0) is 6.61 Å². The van der Waals surface area contributed by atoms with Crippen LogP contribution in [0.3, 0.4) is 0 Å². The van der Waals surface area contributed by atoms with Crippen molar-refractivity contribution in [3.8, 4) is 11.5 Å². The molecule has 0 aliphatic carbocycles. The van der Waals surface area contributed by atoms with Crippen LogP contribution in [-0.4, -0.2) is 24.2 Å². The van der Waals surface area contributed by atoms with Crippen LogP contribution in [0, 0.1) is 0 Å². The Morgan fingerprint density at radius 1 is 1.36 bits per heavy atom. The summed E-state index contributed by atoms with van der Waals surface area (Å²) in [7, 11) is 1.58. The van der Waals surface area contributed by atoms with E-state index in [0.717, 1.165) is 10.9 Å². The van der Waals surface area contributed by atoms with Gasteiger partial charge in [0.25, 0.3) is 0 Å². The van der Waals surface area contributed by atoms with Crippen molar-refractivity contribution in [2.75, 3.05) is 19.0 Å². The first kappa shape index (κ1) is 11.3. The van der Waals surface area contributed by atoms with Gasteiger partial charge in [-0.15, -0.1) is 0 Å². The molecule has 0 unspecified atom stereocenters. The Hall–Kier alpha value is -0.740. The SMILES string of the molecule is COc1cc(CO)ccc1OCCBr. The third kappa shape index (κ3) is 2.89. The van der Waals surface area contributed by atoms with Gasteiger partial charge >= 0.3 is 0 Å². The standard InChI is InChI=1S/C10H13BrO3/c1-13-10-6-8(7-12)2-3-9(10)14-5-4-11/h2-3,6,12H,4-5,7H2,1H3. The van der Waals surface area contributed by atoms with Gasteiger partial charge in [0.05, 0.1) is 20.3 Å². The molecule has 1 aromatic carbocycles. The average Bonchev–Trinajstić information content (AvgIpc) is 2.26. The minimum absolute atomic E-state index is 0.00901. The maximum Gasteiger partial charge on any atom is 0.161 e. The van der Waals surface area contributed by atoms with E-state index in [1.54, 1.807) is 19.2 Å². The van der Waals surface area contributed by atoms with Crippen LogP contribution in [0.15, 0.2) is 18.2 Å². The van der Waals surface area contributed by atoms with Crippen molar-refractivity contribution < 1.29 is 14.6 Å². The van der Waals surface area contributed by atoms with Crippen molar-refractivity contribution in [1.82, 2.24) is 0 Å². The lowest BCUT2D eigenvalue weighted by Gasteiger charge is -2.10. The summed E-state index contributed by atoms with van der Waals surface area (Å²) in [5.74, 6) is 1.35. The molecule has 1 rings (SSSR count). The molecular weight excluding hydrogens is 248 g/mol. The molecule has 78 valence electrons. The molecular formula is C10H13BrO3. The van der Waals surface area contributed by atoms with E-state index in [1.807, 2.05) is 6.07 Å². The first-order chi connectivity index (χ1) is 6.81. The van der Waals surface area contributed by atoms with E-state index < -0.39 is 0 Å². The van der Waals surface area contributed by atoms with E-state index in [4.69, 9.17) is 14.6 Å². The van der Waals surface area contributed by atoms with Gasteiger partial charge in [-0.3, -0.25) is 0 Å². The maximum absolute atomic E-state index is 8.92. The average molecular weight is 261 g/mol. The Morgan fingerprint density at radius 2 is 2.14 bits per heavy atom. The van der Waals surface area contributed by atoms with Gasteiger partial charge in [0.1, 0.15) is 0 Å². The summed E-state index contributed by atoms with van der Waals surface area (Å²) in [4.78, 5) is 0. The predicted molar refractivity (Wildman–Crippen MR) is 58.2 cm³/mol. The number of hydrogen-bond acceptors (Lipinski definition) is 3. The molecule has 0 bridgehead atoms. The fourth-order valence-corrected chi connectivity index (χ4v) is 1.24. The van der Waals surface area contributed by atoms with Crippen molar-refractivity contribution in [1.29, 1.82) is 0 Å². The van der Waals surface area contributed by atoms with Crippen LogP contribution in [0.1, 0.15) is 5.56 Å². The van der Waals surface area contributed by atoms with E-state index in [9.17, 15) is 0 Å². The molecule has 0 saturated heterocycles. The van der Waals surface area contributed by atoms with Crippen LogP contribution in [0.2, 0.25) is 0 Å². The molecule has 0 saturated carbocycles. The molecule has 0 atom stereocenters. The fourth-order valence-electron chi connectivity index (χ4n) is 1.08. The number of halogens is 1. The quantitative estimate of drug-likeness (QED) is 0.823. The fraction of sp³-hybridized carbons (Fsp3) is 0.400. The number of benzene rings is 1. The van der Waals surface area contributed by atoms with Crippen molar-refractivity contribution in [3.63, 3.8) is 0 Å². The number of rotatable bonds is 5. The van der Waals surface area contributed by atoms with Crippen LogP contribution < -0.4 is 9.47 Å². The zero-order chi connectivity index (χ0) is 10.4. The number of aliphatic hydroxyl groups excluding tert-OH is 1. The highest BCUT2D eigenvalue weighted by Gasteiger charge is 2.04. The Kier molecular flexibility index (Phi) is 4.76. The summed E-state index contributed by atoms with van der Waals surface area (Å²) in [6, 6.07) is 5.38. The number of ether oxygens (including phenoxy) is 2. The molecule has 0 spiro atoms. The molecule has 1 N–H and O–H groups in total. The van der Waals surface area contributed by atoms with Crippen LogP contribution in [0.5, 0.6) is 11.5 Å². The lowest BCUT2D eigenvalue weighted by atomic mass is 10.2. The van der Waals surface area contributed by atoms with Gasteiger partial charge in [0.2, 0.25) is 0 Å². The summed E-state index contributed by atoms with van der Waals surface area (Å²) < 4.78 is 10.6. The lowest BCUT2D eigenvalue weighted by molar-refractivity contribution is 0.279. The Balaban J connectivity index is 2.82. The molecule has 1 aromatic rings. The molecule has 0 radical (unpaired) electrons. The van der Waals surface area contributed by atoms with Crippen LogP contribution in [0.25, 0.3) is 0 Å². The summed E-state index contributed by atoms with van der Waals surface area (Å²) in [6.45, 7) is 0.601. The van der Waals surface area contributed by atoms with Gasteiger partial charge in [-0.2, -0.15) is 0 Å². The topological polar surface area (TPSA) is 38.7 Å². The van der Waals surface area contributed by atoms with E-state index in [1.165, 1.54) is 0 Å². The first-order valence-electron chi connectivity index (χ1n) is 4.28. The number of hydrogen-bond donors (Lipinski definition) is 1. The van der Waals surface area contributed by atoms with Gasteiger partial charge in [-0.1, -0.05) is 22.0 Å². The minimum Gasteiger partial charge on any atom is -0.493 e. The second kappa shape index (κ2) is 5.88. The largest absolute Gasteiger partial charge is 0.493 e. The predicted octanol–water partition coefficient (Wildman–Crippen LogP) is 1.96. The minimum atomic E-state index is 0.00901. The zero-order valence-corrected chi connectivity index (χ0v) is 9.58. The highest BCUT2D eigenvalue weighted by molar-refractivity contribution is 9.09. The summed E-state index contributed by atoms with van der Waals surface area (Å²) >= 11 is 3.28. The van der Waals surface area contributed by atoms with Gasteiger partial charge in [-0.05, 0) is 17.7 Å². The third-order valence-electron chi connectivity index (χ3n) is 1.75. The van der Waals surface area contributed by atoms with Gasteiger partial charge in [-0.25, -0.2) is 0 Å². The van der Waals surface area contributed by atoms with Crippen LogP contribution >= 0.6 is 15.9 Å². The summed E-state index contributed by atoms with van der Waals surface area (Å²) in [5, 5.41) is 9.70. The normalized spacial score (nSPS) is 9.93. The second-order valence-corrected chi connectivity index (χ2v) is 3.47. The van der Waals surface area contributed by atoms with Crippen molar-refractivity contribution in [3.05, 3.63) is 23.8 Å². The van der Waals surface area contributed by atoms with E-state index in [-0.39, 0.29) is 6.61 Å². The number of methoxy groups -OCH3 is 1. The summed E-state index contributed by atoms with van der Waals surface area (Å²) in [6.07, 6.45) is 0. The molecule has 0 aliphatic heterocycles. The van der Waals surface area contributed by atoms with E-state index >= 15 is 0 Å². The second-order valence-electron chi connectivity index (χ2n) is 2.68. The van der Waals surface area contributed by atoms with E-state index in [2.05, 4.69) is 15.9 Å². The zero-order valence-electron chi connectivity index (χ0n) is 8.00. The van der Waals surface area contributed by atoms with Crippen molar-refractivity contribution >= 4 is 15.9 Å². The Bertz CT molecular complexity index is 289. The molecule has 0 aromatic heterocycles. The van der Waals surface area contributed by atoms with Crippen molar-refractivity contribution in [2.24, 2.45) is 0 Å². The lowest BCUT2D eigenvalue weighted by Crippen LogP contribution is -2.00. The highest BCUT2D eigenvalue weighted by atomic mass is 79.9. The third-order valence-corrected chi connectivity index (χ3v) is 2.07. The van der Waals surface area contributed by atoms with Crippen LogP contribution in [0.4, 0.5) is 0 Å². The first-order valence-corrected chi connectivity index (χ1v) is 5.40. The molecule has 4 heteroatoms. The van der Waals surface area contributed by atoms with Gasteiger partial charge in [0, 0.05) is 5.33 Å². The molecule has 0 aliphatic rings. The smallest absolute Gasteiger partial charge is 0.161 e. The number of aliphatic hydroxyl groups is 1. The molecule has 3 nitrogen and oxygen atoms in total. The molecule has 14 heavy (non-hydrogen) atoms. The monoisotopic (exact) mass is 260 g/mol. The van der Waals surface area contributed by atoms with Crippen molar-refractivity contribution in [2.45, 2.75) is 6.61 Å². The maximum atomic E-state index is 8.92. The molecule has 0 heterocycles. The Morgan fingerprint density at radius 3 is 2.71 bits per heavy atom. The van der Waals surface area contributed by atoms with Gasteiger partial charge < -0.3 is 14.6 Å². The summed E-state index contributed by atoms with van der Waals surface area (Å²) in [5.41, 5.74) is 0.813. The van der Waals surface area contributed by atoms with Gasteiger partial charge in [0.15, 0.2) is 11.5 Å². The van der Waals surface area contributed by atoms with E-state index in [0.29, 0.717) is 18.1 Å². The highest BCUT2D eigenvalue weighted by Crippen LogP contribution is 2.27. The Labute approximate surface area is 91.8 Å². The number of alkyl halides is 1. The molecule has 0 amide bonds. The molecule has 0 fully saturated rings.